The number of amides is 4. The highest BCUT2D eigenvalue weighted by atomic mass is 16.3. The first-order valence-electron chi connectivity index (χ1n) is 8.42. The molecule has 3 N–H and O–H groups in total. The summed E-state index contributed by atoms with van der Waals surface area (Å²) in [5.41, 5.74) is 0.587. The van der Waals surface area contributed by atoms with Gasteiger partial charge in [0.25, 0.3) is 0 Å². The van der Waals surface area contributed by atoms with E-state index < -0.39 is 17.7 Å². The van der Waals surface area contributed by atoms with E-state index in [1.54, 1.807) is 11.1 Å². The summed E-state index contributed by atoms with van der Waals surface area (Å²) in [6.07, 6.45) is 2.88. The van der Waals surface area contributed by atoms with Crippen molar-refractivity contribution >= 4 is 17.8 Å². The Morgan fingerprint density at radius 2 is 2.04 bits per heavy atom. The Hall–Kier alpha value is -2.48. The second-order valence-corrected chi connectivity index (χ2v) is 6.69. The number of pyridine rings is 1. The molecule has 2 saturated heterocycles. The first-order valence-corrected chi connectivity index (χ1v) is 8.42. The highest BCUT2D eigenvalue weighted by Gasteiger charge is 2.38. The Balaban J connectivity index is 1.63. The minimum absolute atomic E-state index is 0.125. The van der Waals surface area contributed by atoms with Crippen molar-refractivity contribution in [3.05, 3.63) is 29.6 Å². The molecular weight excluding hydrogens is 324 g/mol. The Morgan fingerprint density at radius 3 is 2.68 bits per heavy atom. The number of piperidine rings is 1. The molecule has 1 atom stereocenters. The molecule has 3 rings (SSSR count). The molecule has 0 radical (unpaired) electrons. The Labute approximate surface area is 145 Å². The van der Waals surface area contributed by atoms with Crippen molar-refractivity contribution < 1.29 is 19.5 Å². The van der Waals surface area contributed by atoms with E-state index in [1.807, 2.05) is 19.1 Å². The maximum atomic E-state index is 12.6. The van der Waals surface area contributed by atoms with E-state index in [2.05, 4.69) is 15.6 Å². The van der Waals surface area contributed by atoms with E-state index in [0.29, 0.717) is 31.6 Å². The van der Waals surface area contributed by atoms with Gasteiger partial charge in [-0.2, -0.15) is 0 Å². The van der Waals surface area contributed by atoms with E-state index >= 15 is 0 Å². The second-order valence-electron chi connectivity index (χ2n) is 6.69. The number of nitrogens with one attached hydrogen (secondary N) is 2. The van der Waals surface area contributed by atoms with Gasteiger partial charge in [0.2, 0.25) is 11.8 Å². The van der Waals surface area contributed by atoms with Crippen LogP contribution in [0.4, 0.5) is 4.79 Å². The van der Waals surface area contributed by atoms with Crippen LogP contribution >= 0.6 is 0 Å². The van der Waals surface area contributed by atoms with Crippen LogP contribution in [0, 0.1) is 6.92 Å². The monoisotopic (exact) mass is 346 g/mol. The highest BCUT2D eigenvalue weighted by molar-refractivity contribution is 5.98. The van der Waals surface area contributed by atoms with Crippen LogP contribution < -0.4 is 10.6 Å². The molecule has 0 bridgehead atoms. The third-order valence-corrected chi connectivity index (χ3v) is 4.81. The van der Waals surface area contributed by atoms with Crippen molar-refractivity contribution in [2.24, 2.45) is 0 Å². The van der Waals surface area contributed by atoms with Gasteiger partial charge in [0.15, 0.2) is 0 Å². The fourth-order valence-electron chi connectivity index (χ4n) is 3.23. The minimum atomic E-state index is -1.05. The van der Waals surface area contributed by atoms with Crippen molar-refractivity contribution in [2.45, 2.75) is 44.2 Å². The second kappa shape index (κ2) is 6.79. The number of rotatable bonds is 2. The summed E-state index contributed by atoms with van der Waals surface area (Å²) in [4.78, 5) is 41.5. The fraction of sp³-hybridized carbons (Fsp3) is 0.529. The quantitative estimate of drug-likeness (QED) is 0.708. The summed E-state index contributed by atoms with van der Waals surface area (Å²) in [6.45, 7) is 2.68. The van der Waals surface area contributed by atoms with Crippen molar-refractivity contribution in [1.82, 2.24) is 20.5 Å². The number of aryl methyl sites for hydroxylation is 1. The Morgan fingerprint density at radius 1 is 1.32 bits per heavy atom. The molecule has 25 heavy (non-hydrogen) atoms. The van der Waals surface area contributed by atoms with Gasteiger partial charge >= 0.3 is 6.03 Å². The molecule has 2 aliphatic heterocycles. The number of carbonyl (C=O) groups excluding carboxylic acids is 3. The molecular formula is C17H22N4O4. The van der Waals surface area contributed by atoms with Gasteiger partial charge in [-0.3, -0.25) is 19.9 Å². The molecule has 2 aliphatic rings. The summed E-state index contributed by atoms with van der Waals surface area (Å²) < 4.78 is 0. The predicted molar refractivity (Wildman–Crippen MR) is 88.4 cm³/mol. The van der Waals surface area contributed by atoms with Gasteiger partial charge < -0.3 is 15.3 Å². The number of aliphatic hydroxyl groups is 1. The third kappa shape index (κ3) is 3.79. The van der Waals surface area contributed by atoms with E-state index in [-0.39, 0.29) is 24.7 Å². The van der Waals surface area contributed by atoms with Gasteiger partial charge in [0.05, 0.1) is 5.69 Å². The number of likely N-dealkylation sites (tertiary alicyclic amines) is 1. The van der Waals surface area contributed by atoms with Crippen LogP contribution in [-0.4, -0.2) is 52.0 Å². The average molecular weight is 346 g/mol. The molecule has 134 valence electrons. The summed E-state index contributed by atoms with van der Waals surface area (Å²) in [7, 11) is 0. The van der Waals surface area contributed by atoms with Crippen molar-refractivity contribution in [2.75, 3.05) is 13.1 Å². The standard InChI is InChI=1S/C17H22N4O4/c1-11-2-4-13(18-10-11)17(25)6-8-21(9-7-17)15(23)12-3-5-14(22)20-16(24)19-12/h2,4,10,12,25H,3,5-9H2,1H3,(H2,19,20,22,24). The zero-order valence-electron chi connectivity index (χ0n) is 14.1. The SMILES string of the molecule is Cc1ccc(C2(O)CCN(C(=O)C3CCC(=O)NC(=O)N3)CC2)nc1. The fourth-order valence-corrected chi connectivity index (χ4v) is 3.23. The highest BCUT2D eigenvalue weighted by Crippen LogP contribution is 2.32. The molecule has 2 fully saturated rings. The summed E-state index contributed by atoms with van der Waals surface area (Å²) in [5.74, 6) is -0.602. The van der Waals surface area contributed by atoms with Gasteiger partial charge in [0.1, 0.15) is 11.6 Å². The molecule has 8 nitrogen and oxygen atoms in total. The summed E-state index contributed by atoms with van der Waals surface area (Å²) >= 11 is 0. The van der Waals surface area contributed by atoms with Crippen molar-refractivity contribution in [3.8, 4) is 0 Å². The van der Waals surface area contributed by atoms with Crippen LogP contribution in [0.2, 0.25) is 0 Å². The largest absolute Gasteiger partial charge is 0.383 e. The van der Waals surface area contributed by atoms with Crippen LogP contribution in [0.1, 0.15) is 36.9 Å². The molecule has 1 aromatic heterocycles. The van der Waals surface area contributed by atoms with E-state index in [0.717, 1.165) is 5.56 Å². The predicted octanol–water partition coefficient (Wildman–Crippen LogP) is 0.188. The lowest BCUT2D eigenvalue weighted by molar-refractivity contribution is -0.138. The molecule has 8 heteroatoms. The lowest BCUT2D eigenvalue weighted by atomic mass is 9.87. The molecule has 0 saturated carbocycles. The van der Waals surface area contributed by atoms with Crippen molar-refractivity contribution in [3.63, 3.8) is 0 Å². The van der Waals surface area contributed by atoms with Crippen LogP contribution in [0.3, 0.4) is 0 Å². The number of nitrogens with zero attached hydrogens (tertiary/aromatic N) is 2. The van der Waals surface area contributed by atoms with Crippen LogP contribution in [0.15, 0.2) is 18.3 Å². The minimum Gasteiger partial charge on any atom is -0.383 e. The molecule has 0 aliphatic carbocycles. The van der Waals surface area contributed by atoms with E-state index in [9.17, 15) is 19.5 Å². The molecule has 1 unspecified atom stereocenters. The average Bonchev–Trinajstić information content (AvgIpc) is 2.75. The molecule has 1 aromatic rings. The lowest BCUT2D eigenvalue weighted by Gasteiger charge is -2.39. The van der Waals surface area contributed by atoms with Crippen LogP contribution in [-0.2, 0) is 15.2 Å². The van der Waals surface area contributed by atoms with Crippen molar-refractivity contribution in [1.29, 1.82) is 0 Å². The Bertz CT molecular complexity index is 680. The number of hydrogen-bond acceptors (Lipinski definition) is 5. The van der Waals surface area contributed by atoms with Gasteiger partial charge in [-0.25, -0.2) is 4.79 Å². The molecule has 4 amide bonds. The third-order valence-electron chi connectivity index (χ3n) is 4.81. The first-order chi connectivity index (χ1) is 11.9. The number of carbonyl (C=O) groups is 3. The number of urea groups is 1. The topological polar surface area (TPSA) is 112 Å². The first kappa shape index (κ1) is 17.3. The number of imide groups is 1. The van der Waals surface area contributed by atoms with E-state index in [4.69, 9.17) is 0 Å². The maximum Gasteiger partial charge on any atom is 0.322 e. The van der Waals surface area contributed by atoms with Crippen LogP contribution in [0.5, 0.6) is 0 Å². The smallest absolute Gasteiger partial charge is 0.322 e. The van der Waals surface area contributed by atoms with Gasteiger partial charge in [-0.05, 0) is 37.8 Å². The maximum absolute atomic E-state index is 12.6. The van der Waals surface area contributed by atoms with Gasteiger partial charge in [0, 0.05) is 25.7 Å². The molecule has 0 aromatic carbocycles. The van der Waals surface area contributed by atoms with E-state index in [1.165, 1.54) is 0 Å². The molecule has 0 spiro atoms. The zero-order chi connectivity index (χ0) is 18.0. The summed E-state index contributed by atoms with van der Waals surface area (Å²) in [5, 5.41) is 15.5. The lowest BCUT2D eigenvalue weighted by Crippen LogP contribution is -2.53. The summed E-state index contributed by atoms with van der Waals surface area (Å²) in [6, 6.07) is 2.37. The number of aromatic nitrogens is 1. The number of hydrogen-bond donors (Lipinski definition) is 3. The normalized spacial score (nSPS) is 23.4. The Kier molecular flexibility index (Phi) is 4.71. The van der Waals surface area contributed by atoms with Gasteiger partial charge in [-0.1, -0.05) is 6.07 Å². The van der Waals surface area contributed by atoms with Gasteiger partial charge in [-0.15, -0.1) is 0 Å². The molecule has 3 heterocycles. The van der Waals surface area contributed by atoms with Crippen LogP contribution in [0.25, 0.3) is 0 Å². The zero-order valence-corrected chi connectivity index (χ0v) is 14.1.